The van der Waals surface area contributed by atoms with Crippen molar-refractivity contribution < 1.29 is 23.1 Å². The van der Waals surface area contributed by atoms with Gasteiger partial charge in [0.25, 0.3) is 0 Å². The molecule has 8 heteroatoms. The second-order valence-electron chi connectivity index (χ2n) is 5.81. The number of alkyl carbamates (subject to hydrolysis) is 1. The number of carbonyl (C=O) groups is 2. The van der Waals surface area contributed by atoms with E-state index in [9.17, 15) is 18.4 Å². The summed E-state index contributed by atoms with van der Waals surface area (Å²) in [5.41, 5.74) is 6.09. The van der Waals surface area contributed by atoms with Gasteiger partial charge in [-0.1, -0.05) is 6.07 Å². The fourth-order valence-electron chi connectivity index (χ4n) is 2.94. The van der Waals surface area contributed by atoms with E-state index in [4.69, 9.17) is 10.5 Å². The number of alkyl halides is 1. The van der Waals surface area contributed by atoms with Gasteiger partial charge in [-0.15, -0.1) is 0 Å². The standard InChI is InChI=1S/C15H17F2N3O3/c16-9-6-20(7-9)12-2-1-8(3-11(12)17)10(4-14(18)21)13-5-19-15(22)23-13/h1-3,9-10,13H,4-7H2,(H2,18,21)(H,19,22). The SMILES string of the molecule is NC(=O)CC(c1ccc(N2CC(F)C2)c(F)c1)C1CNC(=O)O1. The van der Waals surface area contributed by atoms with Crippen LogP contribution >= 0.6 is 0 Å². The molecule has 2 aliphatic rings. The second-order valence-corrected chi connectivity index (χ2v) is 5.81. The van der Waals surface area contributed by atoms with Crippen LogP contribution in [0.3, 0.4) is 0 Å². The van der Waals surface area contributed by atoms with Crippen LogP contribution in [0.25, 0.3) is 0 Å². The van der Waals surface area contributed by atoms with Gasteiger partial charge in [-0.2, -0.15) is 0 Å². The zero-order valence-corrected chi connectivity index (χ0v) is 12.3. The number of amides is 2. The first-order valence-electron chi connectivity index (χ1n) is 7.35. The molecule has 1 aromatic rings. The Balaban J connectivity index is 1.82. The van der Waals surface area contributed by atoms with Crippen molar-refractivity contribution in [3.8, 4) is 0 Å². The van der Waals surface area contributed by atoms with E-state index in [0.29, 0.717) is 11.3 Å². The Kier molecular flexibility index (Phi) is 4.06. The molecule has 2 saturated heterocycles. The minimum atomic E-state index is -0.930. The molecule has 0 saturated carbocycles. The lowest BCUT2D eigenvalue weighted by atomic mass is 9.89. The maximum Gasteiger partial charge on any atom is 0.407 e. The third kappa shape index (κ3) is 3.20. The number of anilines is 1. The van der Waals surface area contributed by atoms with E-state index in [-0.39, 0.29) is 26.1 Å². The van der Waals surface area contributed by atoms with Gasteiger partial charge in [0.15, 0.2) is 0 Å². The largest absolute Gasteiger partial charge is 0.444 e. The Hall–Kier alpha value is -2.38. The number of nitrogens with zero attached hydrogens (tertiary/aromatic N) is 1. The van der Waals surface area contributed by atoms with Crippen LogP contribution in [0.15, 0.2) is 18.2 Å². The molecule has 3 rings (SSSR count). The molecule has 23 heavy (non-hydrogen) atoms. The Morgan fingerprint density at radius 1 is 1.48 bits per heavy atom. The molecule has 124 valence electrons. The number of benzene rings is 1. The highest BCUT2D eigenvalue weighted by molar-refractivity contribution is 5.75. The second kappa shape index (κ2) is 6.02. The van der Waals surface area contributed by atoms with Gasteiger partial charge in [-0.25, -0.2) is 13.6 Å². The molecule has 6 nitrogen and oxygen atoms in total. The zero-order valence-electron chi connectivity index (χ0n) is 12.3. The number of carbonyl (C=O) groups excluding carboxylic acids is 2. The van der Waals surface area contributed by atoms with Crippen LogP contribution in [0.1, 0.15) is 17.9 Å². The van der Waals surface area contributed by atoms with Crippen LogP contribution in [0.5, 0.6) is 0 Å². The molecule has 2 aliphatic heterocycles. The van der Waals surface area contributed by atoms with Crippen LogP contribution in [0.4, 0.5) is 19.3 Å². The first-order chi connectivity index (χ1) is 10.9. The van der Waals surface area contributed by atoms with Crippen molar-refractivity contribution in [3.05, 3.63) is 29.6 Å². The minimum Gasteiger partial charge on any atom is -0.444 e. The van der Waals surface area contributed by atoms with Gasteiger partial charge in [0, 0.05) is 12.3 Å². The third-order valence-electron chi connectivity index (χ3n) is 4.15. The summed E-state index contributed by atoms with van der Waals surface area (Å²) in [4.78, 5) is 24.1. The van der Waals surface area contributed by atoms with Gasteiger partial charge in [-0.3, -0.25) is 4.79 Å². The molecule has 3 N–H and O–H groups in total. The third-order valence-corrected chi connectivity index (χ3v) is 4.15. The molecular weight excluding hydrogens is 308 g/mol. The van der Waals surface area contributed by atoms with Crippen molar-refractivity contribution in [2.75, 3.05) is 24.5 Å². The molecule has 2 fully saturated rings. The van der Waals surface area contributed by atoms with Crippen molar-refractivity contribution in [2.45, 2.75) is 24.6 Å². The average molecular weight is 325 g/mol. The Morgan fingerprint density at radius 2 is 2.22 bits per heavy atom. The lowest BCUT2D eigenvalue weighted by molar-refractivity contribution is -0.118. The molecule has 2 atom stereocenters. The molecule has 0 radical (unpaired) electrons. The highest BCUT2D eigenvalue weighted by atomic mass is 19.1. The van der Waals surface area contributed by atoms with Gasteiger partial charge >= 0.3 is 6.09 Å². The van der Waals surface area contributed by atoms with E-state index in [2.05, 4.69) is 5.32 Å². The van der Waals surface area contributed by atoms with E-state index in [0.717, 1.165) is 0 Å². The van der Waals surface area contributed by atoms with E-state index in [1.807, 2.05) is 0 Å². The van der Waals surface area contributed by atoms with Gasteiger partial charge in [0.2, 0.25) is 5.91 Å². The van der Waals surface area contributed by atoms with Crippen LogP contribution in [-0.4, -0.2) is 43.9 Å². The van der Waals surface area contributed by atoms with Crippen molar-refractivity contribution in [1.82, 2.24) is 5.32 Å². The number of hydrogen-bond acceptors (Lipinski definition) is 4. The summed E-state index contributed by atoms with van der Waals surface area (Å²) in [6.07, 6.45) is -2.15. The maximum atomic E-state index is 14.3. The highest BCUT2D eigenvalue weighted by Gasteiger charge is 2.34. The summed E-state index contributed by atoms with van der Waals surface area (Å²) >= 11 is 0. The summed E-state index contributed by atoms with van der Waals surface area (Å²) in [6, 6.07) is 4.50. The van der Waals surface area contributed by atoms with Gasteiger partial charge < -0.3 is 20.7 Å². The summed E-state index contributed by atoms with van der Waals surface area (Å²) in [5.74, 6) is -1.59. The topological polar surface area (TPSA) is 84.7 Å². The highest BCUT2D eigenvalue weighted by Crippen LogP contribution is 2.32. The fraction of sp³-hybridized carbons (Fsp3) is 0.467. The van der Waals surface area contributed by atoms with Gasteiger partial charge in [0.05, 0.1) is 25.3 Å². The number of primary amides is 1. The first kappa shape index (κ1) is 15.5. The van der Waals surface area contributed by atoms with E-state index in [1.54, 1.807) is 17.0 Å². The normalized spacial score (nSPS) is 22.3. The number of halogens is 2. The minimum absolute atomic E-state index is 0.0608. The zero-order chi connectivity index (χ0) is 16.6. The van der Waals surface area contributed by atoms with Crippen LogP contribution in [0, 0.1) is 5.82 Å². The molecule has 2 amide bonds. The molecule has 0 aliphatic carbocycles. The lowest BCUT2D eigenvalue weighted by Crippen LogP contribution is -2.48. The Labute approximate surface area is 131 Å². The summed E-state index contributed by atoms with van der Waals surface area (Å²) < 4.78 is 32.3. The number of nitrogens with two attached hydrogens (primary N) is 1. The average Bonchev–Trinajstić information content (AvgIpc) is 2.88. The van der Waals surface area contributed by atoms with Gasteiger partial charge in [-0.05, 0) is 17.7 Å². The van der Waals surface area contributed by atoms with Crippen molar-refractivity contribution in [3.63, 3.8) is 0 Å². The van der Waals surface area contributed by atoms with Crippen molar-refractivity contribution in [2.24, 2.45) is 5.73 Å². The first-order valence-corrected chi connectivity index (χ1v) is 7.35. The van der Waals surface area contributed by atoms with Crippen molar-refractivity contribution in [1.29, 1.82) is 0 Å². The Bertz CT molecular complexity index is 634. The molecule has 0 spiro atoms. The van der Waals surface area contributed by atoms with Crippen LogP contribution < -0.4 is 16.0 Å². The number of rotatable bonds is 5. The predicted octanol–water partition coefficient (Wildman–Crippen LogP) is 1.05. The van der Waals surface area contributed by atoms with E-state index < -0.39 is 36.0 Å². The van der Waals surface area contributed by atoms with Crippen molar-refractivity contribution >= 4 is 17.7 Å². The molecule has 2 heterocycles. The number of cyclic esters (lactones) is 1. The van der Waals surface area contributed by atoms with E-state index >= 15 is 0 Å². The number of nitrogens with one attached hydrogen (secondary N) is 1. The summed E-state index contributed by atoms with van der Waals surface area (Å²) in [7, 11) is 0. The maximum absolute atomic E-state index is 14.3. The molecule has 0 bridgehead atoms. The molecule has 0 aromatic heterocycles. The predicted molar refractivity (Wildman–Crippen MR) is 78.3 cm³/mol. The fourth-order valence-corrected chi connectivity index (χ4v) is 2.94. The van der Waals surface area contributed by atoms with E-state index in [1.165, 1.54) is 6.07 Å². The summed E-state index contributed by atoms with van der Waals surface area (Å²) in [5, 5.41) is 2.50. The van der Waals surface area contributed by atoms with Gasteiger partial charge in [0.1, 0.15) is 18.1 Å². The number of ether oxygens (including phenoxy) is 1. The smallest absolute Gasteiger partial charge is 0.407 e. The summed E-state index contributed by atoms with van der Waals surface area (Å²) in [6.45, 7) is 0.575. The number of hydrogen-bond donors (Lipinski definition) is 2. The molecule has 2 unspecified atom stereocenters. The quantitative estimate of drug-likeness (QED) is 0.847. The Morgan fingerprint density at radius 3 is 2.74 bits per heavy atom. The molecular formula is C15H17F2N3O3. The van der Waals surface area contributed by atoms with Crippen LogP contribution in [0.2, 0.25) is 0 Å². The molecule has 1 aromatic carbocycles. The monoisotopic (exact) mass is 325 g/mol. The lowest BCUT2D eigenvalue weighted by Gasteiger charge is -2.36. The van der Waals surface area contributed by atoms with Crippen LogP contribution in [-0.2, 0) is 9.53 Å².